The molecule has 13 heavy (non-hydrogen) atoms. The van der Waals surface area contributed by atoms with E-state index < -0.39 is 11.9 Å². The molecule has 0 aliphatic heterocycles. The number of hydrogen-bond donors (Lipinski definition) is 2. The largest absolute Gasteiger partial charge is 0.478 e. The monoisotopic (exact) mass is 185 g/mol. The van der Waals surface area contributed by atoms with Crippen LogP contribution in [0.4, 0.5) is 0 Å². The highest BCUT2D eigenvalue weighted by molar-refractivity contribution is 6.14. The number of primary amides is 1. The van der Waals surface area contributed by atoms with Crippen LogP contribution in [0.5, 0.6) is 0 Å². The Morgan fingerprint density at radius 1 is 1.38 bits per heavy atom. The molecule has 0 aromatic heterocycles. The smallest absolute Gasteiger partial charge is 0.340 e. The van der Waals surface area contributed by atoms with Crippen LogP contribution in [0.25, 0.3) is 0 Å². The molecule has 0 spiro atoms. The molecule has 0 rings (SSSR count). The van der Waals surface area contributed by atoms with Gasteiger partial charge in [0, 0.05) is 0 Å². The fourth-order valence-corrected chi connectivity index (χ4v) is 0.934. The summed E-state index contributed by atoms with van der Waals surface area (Å²) >= 11 is 0. The van der Waals surface area contributed by atoms with Gasteiger partial charge in [0.05, 0.1) is 0 Å². The zero-order valence-corrected chi connectivity index (χ0v) is 7.75. The highest BCUT2D eigenvalue weighted by Gasteiger charge is 2.12. The summed E-state index contributed by atoms with van der Waals surface area (Å²) in [6, 6.07) is 0. The zero-order chi connectivity index (χ0) is 10.3. The first kappa shape index (κ1) is 11.7. The van der Waals surface area contributed by atoms with Crippen molar-refractivity contribution in [1.82, 2.24) is 0 Å². The van der Waals surface area contributed by atoms with Crippen molar-refractivity contribution < 1.29 is 14.7 Å². The fourth-order valence-electron chi connectivity index (χ4n) is 0.934. The van der Waals surface area contributed by atoms with Crippen molar-refractivity contribution in [2.75, 3.05) is 0 Å². The third kappa shape index (κ3) is 5.00. The molecule has 0 aromatic carbocycles. The molecular weight excluding hydrogens is 170 g/mol. The van der Waals surface area contributed by atoms with Crippen LogP contribution in [-0.2, 0) is 9.59 Å². The second-order valence-electron chi connectivity index (χ2n) is 2.78. The van der Waals surface area contributed by atoms with Crippen molar-refractivity contribution in [1.29, 1.82) is 0 Å². The van der Waals surface area contributed by atoms with E-state index in [9.17, 15) is 9.59 Å². The maximum absolute atomic E-state index is 10.6. The number of unbranched alkanes of at least 4 members (excludes halogenated alkanes) is 3. The summed E-state index contributed by atoms with van der Waals surface area (Å²) in [5.41, 5.74) is 4.56. The van der Waals surface area contributed by atoms with Crippen LogP contribution in [-0.4, -0.2) is 17.0 Å². The lowest BCUT2D eigenvalue weighted by atomic mass is 10.1. The van der Waals surface area contributed by atoms with Crippen LogP contribution in [0.3, 0.4) is 0 Å². The third-order valence-electron chi connectivity index (χ3n) is 1.65. The summed E-state index contributed by atoms with van der Waals surface area (Å²) < 4.78 is 0. The Bertz CT molecular complexity index is 205. The molecular formula is C9H15NO3. The average molecular weight is 185 g/mol. The first-order valence-corrected chi connectivity index (χ1v) is 4.32. The fraction of sp³-hybridized carbons (Fsp3) is 0.556. The van der Waals surface area contributed by atoms with Gasteiger partial charge in [-0.1, -0.05) is 25.8 Å². The molecule has 0 aliphatic carbocycles. The molecule has 0 saturated heterocycles. The summed E-state index contributed by atoms with van der Waals surface area (Å²) in [4.78, 5) is 21.0. The second kappa shape index (κ2) is 6.22. The molecule has 3 N–H and O–H groups in total. The van der Waals surface area contributed by atoms with Gasteiger partial charge in [0.2, 0.25) is 0 Å². The average Bonchev–Trinajstić information content (AvgIpc) is 2.02. The number of carbonyl (C=O) groups excluding carboxylic acids is 1. The maximum Gasteiger partial charge on any atom is 0.340 e. The summed E-state index contributed by atoms with van der Waals surface area (Å²) in [6.45, 7) is 2.05. The topological polar surface area (TPSA) is 80.4 Å². The van der Waals surface area contributed by atoms with Crippen molar-refractivity contribution in [2.24, 2.45) is 5.73 Å². The summed E-state index contributed by atoms with van der Waals surface area (Å²) in [6.07, 6.45) is 4.97. The molecule has 0 heterocycles. The normalized spacial score (nSPS) is 11.3. The van der Waals surface area contributed by atoms with Gasteiger partial charge < -0.3 is 10.8 Å². The van der Waals surface area contributed by atoms with E-state index in [0.29, 0.717) is 6.42 Å². The van der Waals surface area contributed by atoms with Crippen molar-refractivity contribution in [3.63, 3.8) is 0 Å². The van der Waals surface area contributed by atoms with Crippen molar-refractivity contribution in [3.8, 4) is 0 Å². The molecule has 0 aliphatic rings. The molecule has 0 atom stereocenters. The first-order chi connectivity index (χ1) is 6.09. The van der Waals surface area contributed by atoms with Gasteiger partial charge >= 0.3 is 5.97 Å². The predicted molar refractivity (Wildman–Crippen MR) is 49.1 cm³/mol. The zero-order valence-electron chi connectivity index (χ0n) is 7.75. The quantitative estimate of drug-likeness (QED) is 0.281. The minimum absolute atomic E-state index is 0.309. The van der Waals surface area contributed by atoms with Gasteiger partial charge in [-0.3, -0.25) is 4.79 Å². The number of carbonyl (C=O) groups is 2. The standard InChI is InChI=1S/C9H15NO3/c1-2-3-4-5-6-7(8(10)11)9(12)13/h6H,2-5H2,1H3,(H2,10,11)(H,12,13)/b7-6+. The van der Waals surface area contributed by atoms with Crippen LogP contribution in [0.15, 0.2) is 11.6 Å². The van der Waals surface area contributed by atoms with Gasteiger partial charge in [-0.05, 0) is 12.8 Å². The van der Waals surface area contributed by atoms with Gasteiger partial charge in [0.15, 0.2) is 0 Å². The molecule has 0 bridgehead atoms. The summed E-state index contributed by atoms with van der Waals surface area (Å²) in [5.74, 6) is -2.12. The number of nitrogens with two attached hydrogens (primary N) is 1. The van der Waals surface area contributed by atoms with Gasteiger partial charge in [0.25, 0.3) is 5.91 Å². The van der Waals surface area contributed by atoms with E-state index in [0.717, 1.165) is 19.3 Å². The number of carboxylic acids is 1. The highest BCUT2D eigenvalue weighted by atomic mass is 16.4. The Labute approximate surface area is 77.4 Å². The Morgan fingerprint density at radius 3 is 2.38 bits per heavy atom. The van der Waals surface area contributed by atoms with Crippen LogP contribution in [0.2, 0.25) is 0 Å². The molecule has 4 nitrogen and oxygen atoms in total. The predicted octanol–water partition coefficient (Wildman–Crippen LogP) is 1.06. The maximum atomic E-state index is 10.6. The minimum atomic E-state index is -1.25. The molecule has 74 valence electrons. The van der Waals surface area contributed by atoms with E-state index >= 15 is 0 Å². The Kier molecular flexibility index (Phi) is 5.59. The number of allylic oxidation sites excluding steroid dienone is 1. The molecule has 0 aromatic rings. The molecule has 0 fully saturated rings. The number of carboxylic acid groups (broad SMARTS) is 1. The molecule has 0 unspecified atom stereocenters. The molecule has 4 heteroatoms. The van der Waals surface area contributed by atoms with Gasteiger partial charge in [0.1, 0.15) is 5.57 Å². The lowest BCUT2D eigenvalue weighted by Gasteiger charge is -1.96. The Hall–Kier alpha value is -1.32. The van der Waals surface area contributed by atoms with Gasteiger partial charge in [-0.15, -0.1) is 0 Å². The molecule has 0 saturated carbocycles. The minimum Gasteiger partial charge on any atom is -0.478 e. The third-order valence-corrected chi connectivity index (χ3v) is 1.65. The van der Waals surface area contributed by atoms with E-state index in [2.05, 4.69) is 6.92 Å². The Morgan fingerprint density at radius 2 is 2.00 bits per heavy atom. The van der Waals surface area contributed by atoms with Crippen molar-refractivity contribution in [2.45, 2.75) is 32.6 Å². The number of amides is 1. The second-order valence-corrected chi connectivity index (χ2v) is 2.78. The summed E-state index contributed by atoms with van der Waals surface area (Å²) in [5, 5.41) is 8.53. The van der Waals surface area contributed by atoms with Crippen LogP contribution < -0.4 is 5.73 Å². The van der Waals surface area contributed by atoms with E-state index in [-0.39, 0.29) is 5.57 Å². The number of hydrogen-bond acceptors (Lipinski definition) is 2. The number of rotatable bonds is 6. The lowest BCUT2D eigenvalue weighted by molar-refractivity contribution is -0.134. The highest BCUT2D eigenvalue weighted by Crippen LogP contribution is 2.03. The van der Waals surface area contributed by atoms with Crippen LogP contribution >= 0.6 is 0 Å². The van der Waals surface area contributed by atoms with Crippen LogP contribution in [0.1, 0.15) is 32.6 Å². The van der Waals surface area contributed by atoms with Gasteiger partial charge in [-0.2, -0.15) is 0 Å². The first-order valence-electron chi connectivity index (χ1n) is 4.32. The van der Waals surface area contributed by atoms with Crippen molar-refractivity contribution >= 4 is 11.9 Å². The SMILES string of the molecule is CCCCC/C=C(\C(N)=O)C(=O)O. The molecule has 1 amide bonds. The van der Waals surface area contributed by atoms with E-state index in [1.165, 1.54) is 6.08 Å². The molecule has 0 radical (unpaired) electrons. The Balaban J connectivity index is 4.06. The number of aliphatic carboxylic acids is 1. The van der Waals surface area contributed by atoms with Crippen LogP contribution in [0, 0.1) is 0 Å². The van der Waals surface area contributed by atoms with Crippen molar-refractivity contribution in [3.05, 3.63) is 11.6 Å². The van der Waals surface area contributed by atoms with E-state index in [4.69, 9.17) is 10.8 Å². The summed E-state index contributed by atoms with van der Waals surface area (Å²) in [7, 11) is 0. The van der Waals surface area contributed by atoms with E-state index in [1.54, 1.807) is 0 Å². The van der Waals surface area contributed by atoms with E-state index in [1.807, 2.05) is 0 Å². The van der Waals surface area contributed by atoms with Gasteiger partial charge in [-0.25, -0.2) is 4.79 Å². The lowest BCUT2D eigenvalue weighted by Crippen LogP contribution is -2.20.